The highest BCUT2D eigenvalue weighted by molar-refractivity contribution is 5.97. The normalized spacial score (nSPS) is 26.4. The van der Waals surface area contributed by atoms with Crippen molar-refractivity contribution in [2.24, 2.45) is 0 Å². The first-order valence-electron chi connectivity index (χ1n) is 6.62. The van der Waals surface area contributed by atoms with Gasteiger partial charge in [-0.25, -0.2) is 0 Å². The van der Waals surface area contributed by atoms with E-state index in [9.17, 15) is 9.90 Å². The first kappa shape index (κ1) is 14.0. The summed E-state index contributed by atoms with van der Waals surface area (Å²) in [6.07, 6.45) is 0.312. The monoisotopic (exact) mass is 263 g/mol. The van der Waals surface area contributed by atoms with Crippen LogP contribution in [0.5, 0.6) is 0 Å². The van der Waals surface area contributed by atoms with Crippen LogP contribution in [0.4, 0.5) is 0 Å². The molecule has 2 unspecified atom stereocenters. The minimum atomic E-state index is -0.952. The number of carbonyl (C=O) groups is 1. The second-order valence-corrected chi connectivity index (χ2v) is 5.32. The highest BCUT2D eigenvalue weighted by Crippen LogP contribution is 2.25. The van der Waals surface area contributed by atoms with Crippen LogP contribution in [0.25, 0.3) is 0 Å². The van der Waals surface area contributed by atoms with E-state index in [-0.39, 0.29) is 18.6 Å². The van der Waals surface area contributed by atoms with Gasteiger partial charge in [-0.1, -0.05) is 18.2 Å². The van der Waals surface area contributed by atoms with Crippen LogP contribution in [0, 0.1) is 13.8 Å². The van der Waals surface area contributed by atoms with E-state index in [4.69, 9.17) is 4.74 Å². The first-order chi connectivity index (χ1) is 8.94. The molecule has 2 N–H and O–H groups in total. The van der Waals surface area contributed by atoms with E-state index in [1.165, 1.54) is 0 Å². The summed E-state index contributed by atoms with van der Waals surface area (Å²) < 4.78 is 5.35. The molecule has 4 heteroatoms. The van der Waals surface area contributed by atoms with Crippen molar-refractivity contribution < 1.29 is 14.6 Å². The van der Waals surface area contributed by atoms with Crippen molar-refractivity contribution in [2.45, 2.75) is 38.9 Å². The summed E-state index contributed by atoms with van der Waals surface area (Å²) in [5.74, 6) is -0.136. The van der Waals surface area contributed by atoms with Crippen LogP contribution in [-0.2, 0) is 4.74 Å². The maximum absolute atomic E-state index is 12.2. The van der Waals surface area contributed by atoms with Crippen molar-refractivity contribution in [3.8, 4) is 0 Å². The standard InChI is InChI=1S/C15H21NO3/c1-10-5-4-6-11(2)13(10)14(17)16-9-15(18)7-8-19-12(15)3/h4-6,12,18H,7-9H2,1-3H3,(H,16,17). The largest absolute Gasteiger partial charge is 0.385 e. The van der Waals surface area contributed by atoms with Crippen molar-refractivity contribution in [2.75, 3.05) is 13.2 Å². The summed E-state index contributed by atoms with van der Waals surface area (Å²) in [6, 6.07) is 5.76. The molecule has 0 radical (unpaired) electrons. The number of aryl methyl sites for hydroxylation is 2. The molecule has 4 nitrogen and oxygen atoms in total. The quantitative estimate of drug-likeness (QED) is 0.870. The van der Waals surface area contributed by atoms with Crippen molar-refractivity contribution >= 4 is 5.91 Å². The Morgan fingerprint density at radius 2 is 2.11 bits per heavy atom. The fourth-order valence-electron chi connectivity index (χ4n) is 2.50. The summed E-state index contributed by atoms with van der Waals surface area (Å²) in [4.78, 5) is 12.2. The minimum Gasteiger partial charge on any atom is -0.385 e. The SMILES string of the molecule is Cc1cccc(C)c1C(=O)NCC1(O)CCOC1C. The molecule has 1 aromatic carbocycles. The van der Waals surface area contributed by atoms with Crippen molar-refractivity contribution in [1.29, 1.82) is 0 Å². The molecule has 1 aromatic rings. The molecule has 1 heterocycles. The summed E-state index contributed by atoms with van der Waals surface area (Å²) in [5.41, 5.74) is 1.63. The molecule has 104 valence electrons. The summed E-state index contributed by atoms with van der Waals surface area (Å²) in [7, 11) is 0. The van der Waals surface area contributed by atoms with Gasteiger partial charge in [0.2, 0.25) is 0 Å². The van der Waals surface area contributed by atoms with Crippen LogP contribution in [-0.4, -0.2) is 35.9 Å². The average molecular weight is 263 g/mol. The van der Waals surface area contributed by atoms with E-state index in [0.717, 1.165) is 11.1 Å². The predicted octanol–water partition coefficient (Wildman–Crippen LogP) is 1.57. The lowest BCUT2D eigenvalue weighted by molar-refractivity contribution is -0.0251. The van der Waals surface area contributed by atoms with Gasteiger partial charge >= 0.3 is 0 Å². The lowest BCUT2D eigenvalue weighted by Crippen LogP contribution is -2.47. The van der Waals surface area contributed by atoms with E-state index in [1.807, 2.05) is 39.0 Å². The van der Waals surface area contributed by atoms with Crippen LogP contribution < -0.4 is 5.32 Å². The Bertz CT molecular complexity index is 466. The Hall–Kier alpha value is -1.39. The van der Waals surface area contributed by atoms with Crippen molar-refractivity contribution in [1.82, 2.24) is 5.32 Å². The molecular weight excluding hydrogens is 242 g/mol. The molecule has 1 saturated heterocycles. The fourth-order valence-corrected chi connectivity index (χ4v) is 2.50. The zero-order chi connectivity index (χ0) is 14.0. The Kier molecular flexibility index (Phi) is 3.92. The topological polar surface area (TPSA) is 58.6 Å². The highest BCUT2D eigenvalue weighted by atomic mass is 16.5. The van der Waals surface area contributed by atoms with Gasteiger partial charge in [-0.05, 0) is 31.9 Å². The Balaban J connectivity index is 2.06. The van der Waals surface area contributed by atoms with E-state index in [1.54, 1.807) is 0 Å². The Morgan fingerprint density at radius 3 is 2.63 bits per heavy atom. The van der Waals surface area contributed by atoms with Crippen LogP contribution in [0.1, 0.15) is 34.8 Å². The molecule has 2 atom stereocenters. The van der Waals surface area contributed by atoms with E-state index >= 15 is 0 Å². The first-order valence-corrected chi connectivity index (χ1v) is 6.62. The minimum absolute atomic E-state index is 0.136. The van der Waals surface area contributed by atoms with Gasteiger partial charge < -0.3 is 15.2 Å². The molecule has 0 aromatic heterocycles. The number of ether oxygens (including phenoxy) is 1. The molecular formula is C15H21NO3. The number of benzene rings is 1. The summed E-state index contributed by atoms with van der Waals surface area (Å²) in [6.45, 7) is 6.42. The van der Waals surface area contributed by atoms with Gasteiger partial charge in [0.05, 0.1) is 6.10 Å². The molecule has 1 fully saturated rings. The number of carbonyl (C=O) groups excluding carboxylic acids is 1. The van der Waals surface area contributed by atoms with E-state index in [2.05, 4.69) is 5.32 Å². The molecule has 0 bridgehead atoms. The third-order valence-corrected chi connectivity index (χ3v) is 3.92. The van der Waals surface area contributed by atoms with Crippen LogP contribution in [0.2, 0.25) is 0 Å². The number of aliphatic hydroxyl groups is 1. The van der Waals surface area contributed by atoms with E-state index in [0.29, 0.717) is 18.6 Å². The Morgan fingerprint density at radius 1 is 1.47 bits per heavy atom. The summed E-state index contributed by atoms with van der Waals surface area (Å²) in [5, 5.41) is 13.2. The number of amides is 1. The van der Waals surface area contributed by atoms with Gasteiger partial charge in [0.25, 0.3) is 5.91 Å². The maximum Gasteiger partial charge on any atom is 0.251 e. The zero-order valence-corrected chi connectivity index (χ0v) is 11.7. The number of hydrogen-bond acceptors (Lipinski definition) is 3. The maximum atomic E-state index is 12.2. The van der Waals surface area contributed by atoms with Crippen LogP contribution in [0.3, 0.4) is 0 Å². The molecule has 1 amide bonds. The lowest BCUT2D eigenvalue weighted by atomic mass is 9.96. The van der Waals surface area contributed by atoms with E-state index < -0.39 is 5.60 Å². The molecule has 19 heavy (non-hydrogen) atoms. The zero-order valence-electron chi connectivity index (χ0n) is 11.7. The number of nitrogens with one attached hydrogen (secondary N) is 1. The lowest BCUT2D eigenvalue weighted by Gasteiger charge is -2.26. The molecule has 1 aliphatic rings. The second kappa shape index (κ2) is 5.31. The smallest absolute Gasteiger partial charge is 0.251 e. The van der Waals surface area contributed by atoms with Gasteiger partial charge in [0, 0.05) is 25.1 Å². The molecule has 0 saturated carbocycles. The molecule has 0 spiro atoms. The summed E-state index contributed by atoms with van der Waals surface area (Å²) >= 11 is 0. The number of rotatable bonds is 3. The third kappa shape index (κ3) is 2.80. The van der Waals surface area contributed by atoms with Gasteiger partial charge in [-0.3, -0.25) is 4.79 Å². The van der Waals surface area contributed by atoms with Gasteiger partial charge in [0.15, 0.2) is 0 Å². The van der Waals surface area contributed by atoms with Gasteiger partial charge in [0.1, 0.15) is 5.60 Å². The fraction of sp³-hybridized carbons (Fsp3) is 0.533. The molecule has 2 rings (SSSR count). The van der Waals surface area contributed by atoms with Crippen molar-refractivity contribution in [3.63, 3.8) is 0 Å². The Labute approximate surface area is 113 Å². The average Bonchev–Trinajstić information content (AvgIpc) is 2.67. The van der Waals surface area contributed by atoms with Crippen molar-refractivity contribution in [3.05, 3.63) is 34.9 Å². The van der Waals surface area contributed by atoms with Gasteiger partial charge in [-0.2, -0.15) is 0 Å². The second-order valence-electron chi connectivity index (χ2n) is 5.32. The van der Waals surface area contributed by atoms with Crippen LogP contribution >= 0.6 is 0 Å². The predicted molar refractivity (Wildman–Crippen MR) is 73.2 cm³/mol. The highest BCUT2D eigenvalue weighted by Gasteiger charge is 2.39. The molecule has 1 aliphatic heterocycles. The number of hydrogen-bond donors (Lipinski definition) is 2. The van der Waals surface area contributed by atoms with Gasteiger partial charge in [-0.15, -0.1) is 0 Å². The molecule has 0 aliphatic carbocycles. The third-order valence-electron chi connectivity index (χ3n) is 3.92. The van der Waals surface area contributed by atoms with Crippen LogP contribution in [0.15, 0.2) is 18.2 Å².